The number of nitrogens with one attached hydrogen (secondary N) is 1. The van der Waals surface area contributed by atoms with E-state index in [0.717, 1.165) is 23.7 Å². The van der Waals surface area contributed by atoms with Crippen LogP contribution in [0, 0.1) is 13.8 Å². The summed E-state index contributed by atoms with van der Waals surface area (Å²) >= 11 is 3.35. The molecule has 33 heavy (non-hydrogen) atoms. The topological polar surface area (TPSA) is 61.9 Å². The summed E-state index contributed by atoms with van der Waals surface area (Å²) < 4.78 is 5.19. The summed E-state index contributed by atoms with van der Waals surface area (Å²) in [6.45, 7) is 9.16. The summed E-state index contributed by atoms with van der Waals surface area (Å²) in [6, 6.07) is 13.5. The van der Waals surface area contributed by atoms with E-state index in [2.05, 4.69) is 41.6 Å². The Bertz CT molecular complexity index is 1090. The van der Waals surface area contributed by atoms with E-state index in [4.69, 9.17) is 4.74 Å². The van der Waals surface area contributed by atoms with Gasteiger partial charge in [0.1, 0.15) is 5.00 Å². The summed E-state index contributed by atoms with van der Waals surface area (Å²) in [5.74, 6) is -0.102. The molecule has 6 nitrogen and oxygen atoms in total. The fraction of sp³-hybridized carbons (Fsp3) is 0.360. The lowest BCUT2D eigenvalue weighted by atomic mass is 9.99. The van der Waals surface area contributed by atoms with Gasteiger partial charge < -0.3 is 15.0 Å². The molecule has 0 spiro atoms. The molecule has 0 unspecified atom stereocenters. The molecule has 2 amide bonds. The van der Waals surface area contributed by atoms with Crippen molar-refractivity contribution in [2.75, 3.05) is 38.1 Å². The van der Waals surface area contributed by atoms with Crippen molar-refractivity contribution >= 4 is 39.7 Å². The lowest BCUT2D eigenvalue weighted by Crippen LogP contribution is -2.50. The number of benzene rings is 1. The largest absolute Gasteiger partial charge is 0.450 e. The van der Waals surface area contributed by atoms with E-state index in [9.17, 15) is 9.59 Å². The third-order valence-electron chi connectivity index (χ3n) is 5.99. The van der Waals surface area contributed by atoms with Gasteiger partial charge in [0.05, 0.1) is 12.6 Å². The average molecular weight is 484 g/mol. The van der Waals surface area contributed by atoms with E-state index >= 15 is 0 Å². The van der Waals surface area contributed by atoms with Crippen molar-refractivity contribution in [2.45, 2.75) is 26.8 Å². The number of carbonyl (C=O) groups is 2. The maximum Gasteiger partial charge on any atom is 0.409 e. The molecule has 0 aliphatic carbocycles. The summed E-state index contributed by atoms with van der Waals surface area (Å²) in [5, 5.41) is 6.17. The van der Waals surface area contributed by atoms with E-state index in [0.29, 0.717) is 25.3 Å². The second kappa shape index (κ2) is 10.5. The van der Waals surface area contributed by atoms with Gasteiger partial charge in [0.15, 0.2) is 0 Å². The highest BCUT2D eigenvalue weighted by atomic mass is 32.1. The zero-order valence-corrected chi connectivity index (χ0v) is 20.8. The normalized spacial score (nSPS) is 15.3. The Hall–Kier alpha value is -2.68. The predicted octanol–water partition coefficient (Wildman–Crippen LogP) is 5.54. The first kappa shape index (κ1) is 23.5. The minimum atomic E-state index is -0.247. The van der Waals surface area contributed by atoms with Gasteiger partial charge in [0, 0.05) is 47.1 Å². The van der Waals surface area contributed by atoms with Gasteiger partial charge >= 0.3 is 6.09 Å². The molecule has 1 saturated heterocycles. The smallest absolute Gasteiger partial charge is 0.409 e. The van der Waals surface area contributed by atoms with Crippen LogP contribution in [-0.4, -0.2) is 54.6 Å². The van der Waals surface area contributed by atoms with Gasteiger partial charge in [0.25, 0.3) is 5.91 Å². The van der Waals surface area contributed by atoms with E-state index in [1.807, 2.05) is 37.3 Å². The highest BCUT2D eigenvalue weighted by Crippen LogP contribution is 2.43. The van der Waals surface area contributed by atoms with Crippen LogP contribution in [0.25, 0.3) is 0 Å². The van der Waals surface area contributed by atoms with Gasteiger partial charge in [-0.05, 0) is 49.9 Å². The number of rotatable bonds is 6. The van der Waals surface area contributed by atoms with E-state index in [-0.39, 0.29) is 18.0 Å². The number of amides is 2. The predicted molar refractivity (Wildman–Crippen MR) is 135 cm³/mol. The fourth-order valence-corrected chi connectivity index (χ4v) is 6.12. The number of hydrogen-bond acceptors (Lipinski definition) is 6. The van der Waals surface area contributed by atoms with Crippen LogP contribution in [0.15, 0.2) is 47.8 Å². The van der Waals surface area contributed by atoms with Gasteiger partial charge in [-0.3, -0.25) is 9.69 Å². The minimum Gasteiger partial charge on any atom is -0.450 e. The van der Waals surface area contributed by atoms with Crippen LogP contribution >= 0.6 is 22.7 Å². The minimum absolute atomic E-state index is 0.0189. The molecule has 1 N–H and O–H groups in total. The van der Waals surface area contributed by atoms with Crippen molar-refractivity contribution < 1.29 is 14.3 Å². The number of carbonyl (C=O) groups excluding carboxylic acids is 2. The number of piperazine rings is 1. The summed E-state index contributed by atoms with van der Waals surface area (Å²) in [7, 11) is 0. The van der Waals surface area contributed by atoms with Crippen LogP contribution < -0.4 is 5.32 Å². The molecule has 8 heteroatoms. The van der Waals surface area contributed by atoms with E-state index in [1.54, 1.807) is 27.6 Å². The summed E-state index contributed by atoms with van der Waals surface area (Å²) in [5.41, 5.74) is 2.99. The standard InChI is InChI=1S/C25H29N3O3S2/c1-4-31-25(30)28-14-12-27(13-15-28)22(20-11-8-16-32-20)21-17(2)18(3)33-24(21)26-23(29)19-9-6-5-7-10-19/h5-11,16,22H,4,12-15H2,1-3H3,(H,26,29)/t22-/m0/s1. The first-order valence-corrected chi connectivity index (χ1v) is 12.8. The molecule has 1 aliphatic rings. The lowest BCUT2D eigenvalue weighted by Gasteiger charge is -2.39. The van der Waals surface area contributed by atoms with Crippen molar-refractivity contribution in [2.24, 2.45) is 0 Å². The van der Waals surface area contributed by atoms with Crippen LogP contribution in [0.1, 0.15) is 44.2 Å². The number of aryl methyl sites for hydroxylation is 1. The fourth-order valence-electron chi connectivity index (χ4n) is 4.16. The molecule has 4 rings (SSSR count). The Labute approximate surface area is 202 Å². The number of hydrogen-bond donors (Lipinski definition) is 1. The number of thiophene rings is 2. The monoisotopic (exact) mass is 483 g/mol. The molecule has 3 aromatic rings. The Kier molecular flexibility index (Phi) is 7.47. The van der Waals surface area contributed by atoms with Crippen molar-refractivity contribution in [1.29, 1.82) is 0 Å². The first-order valence-electron chi connectivity index (χ1n) is 11.1. The van der Waals surface area contributed by atoms with Crippen LogP contribution in [0.5, 0.6) is 0 Å². The molecule has 174 valence electrons. The molecule has 0 radical (unpaired) electrons. The number of anilines is 1. The van der Waals surface area contributed by atoms with E-state index < -0.39 is 0 Å². The molecule has 1 aliphatic heterocycles. The third-order valence-corrected chi connectivity index (χ3v) is 8.05. The molecule has 0 saturated carbocycles. The van der Waals surface area contributed by atoms with Crippen LogP contribution in [0.3, 0.4) is 0 Å². The molecule has 1 fully saturated rings. The first-order chi connectivity index (χ1) is 16.0. The molecule has 1 aromatic carbocycles. The zero-order chi connectivity index (χ0) is 23.4. The second-order valence-corrected chi connectivity index (χ2v) is 10.2. The Morgan fingerprint density at radius 3 is 2.42 bits per heavy atom. The highest BCUT2D eigenvalue weighted by molar-refractivity contribution is 7.16. The average Bonchev–Trinajstić information content (AvgIpc) is 3.45. The number of ether oxygens (including phenoxy) is 1. The Morgan fingerprint density at radius 1 is 1.06 bits per heavy atom. The maximum absolute atomic E-state index is 13.0. The van der Waals surface area contributed by atoms with Crippen molar-refractivity contribution in [3.05, 3.63) is 74.3 Å². The Morgan fingerprint density at radius 2 is 1.79 bits per heavy atom. The lowest BCUT2D eigenvalue weighted by molar-refractivity contribution is 0.0719. The summed E-state index contributed by atoms with van der Waals surface area (Å²) in [6.07, 6.45) is -0.247. The molecule has 0 bridgehead atoms. The SMILES string of the molecule is CCOC(=O)N1CCN([C@@H](c2cccs2)c2c(NC(=O)c3ccccc3)sc(C)c2C)CC1. The summed E-state index contributed by atoms with van der Waals surface area (Å²) in [4.78, 5) is 31.8. The number of nitrogens with zero attached hydrogens (tertiary/aromatic N) is 2. The van der Waals surface area contributed by atoms with Crippen molar-refractivity contribution in [1.82, 2.24) is 9.80 Å². The van der Waals surface area contributed by atoms with Gasteiger partial charge in [-0.25, -0.2) is 4.79 Å². The zero-order valence-electron chi connectivity index (χ0n) is 19.2. The molecular formula is C25H29N3O3S2. The maximum atomic E-state index is 13.0. The van der Waals surface area contributed by atoms with Crippen LogP contribution in [-0.2, 0) is 4.74 Å². The molecule has 1 atom stereocenters. The van der Waals surface area contributed by atoms with Gasteiger partial charge in [-0.15, -0.1) is 22.7 Å². The molecular weight excluding hydrogens is 454 g/mol. The van der Waals surface area contributed by atoms with Gasteiger partial charge in [-0.1, -0.05) is 24.3 Å². The highest BCUT2D eigenvalue weighted by Gasteiger charge is 2.33. The van der Waals surface area contributed by atoms with Gasteiger partial charge in [-0.2, -0.15) is 0 Å². The molecule has 3 heterocycles. The Balaban J connectivity index is 1.64. The van der Waals surface area contributed by atoms with Crippen molar-refractivity contribution in [3.63, 3.8) is 0 Å². The quantitative estimate of drug-likeness (QED) is 0.500. The van der Waals surface area contributed by atoms with Crippen LogP contribution in [0.2, 0.25) is 0 Å². The van der Waals surface area contributed by atoms with Crippen LogP contribution in [0.4, 0.5) is 9.80 Å². The second-order valence-electron chi connectivity index (χ2n) is 7.99. The molecule has 2 aromatic heterocycles. The van der Waals surface area contributed by atoms with Crippen molar-refractivity contribution in [3.8, 4) is 0 Å². The third kappa shape index (κ3) is 5.13. The van der Waals surface area contributed by atoms with Gasteiger partial charge in [0.2, 0.25) is 0 Å². The van der Waals surface area contributed by atoms with E-state index in [1.165, 1.54) is 15.3 Å².